The molecule has 1 aliphatic carbocycles. The van der Waals surface area contributed by atoms with E-state index < -0.39 is 0 Å². The lowest BCUT2D eigenvalue weighted by Gasteiger charge is -2.20. The van der Waals surface area contributed by atoms with Gasteiger partial charge < -0.3 is 10.5 Å². The lowest BCUT2D eigenvalue weighted by atomic mass is 10.2. The van der Waals surface area contributed by atoms with Gasteiger partial charge in [0.1, 0.15) is 12.0 Å². The molecule has 1 aliphatic rings. The van der Waals surface area contributed by atoms with E-state index >= 15 is 0 Å². The van der Waals surface area contributed by atoms with Crippen molar-refractivity contribution in [2.24, 2.45) is 5.73 Å². The van der Waals surface area contributed by atoms with Gasteiger partial charge in [0.15, 0.2) is 0 Å². The van der Waals surface area contributed by atoms with E-state index in [1.54, 1.807) is 7.11 Å². The molecule has 2 rings (SSSR count). The Morgan fingerprint density at radius 2 is 2.16 bits per heavy atom. The normalized spacial score (nSPS) is 17.6. The van der Waals surface area contributed by atoms with Crippen LogP contribution in [0.2, 0.25) is 0 Å². The minimum atomic E-state index is -0.149. The fraction of sp³-hybridized carbons (Fsp3) is 0.571. The number of nitrogens with two attached hydrogens (primary N) is 1. The van der Waals surface area contributed by atoms with Crippen molar-refractivity contribution in [1.82, 2.24) is 10.6 Å². The van der Waals surface area contributed by atoms with Crippen LogP contribution in [-0.4, -0.2) is 19.4 Å². The van der Waals surface area contributed by atoms with Crippen molar-refractivity contribution in [2.75, 3.05) is 7.11 Å². The molecule has 1 unspecified atom stereocenters. The van der Waals surface area contributed by atoms with Crippen LogP contribution in [0.1, 0.15) is 31.2 Å². The molecule has 1 atom stereocenters. The quantitative estimate of drug-likeness (QED) is 0.702. The largest absolute Gasteiger partial charge is 0.496 e. The molecule has 106 valence electrons. The second kappa shape index (κ2) is 7.24. The van der Waals surface area contributed by atoms with Crippen LogP contribution >= 0.6 is 15.9 Å². The van der Waals surface area contributed by atoms with Gasteiger partial charge in [0.05, 0.1) is 11.6 Å². The fourth-order valence-corrected chi connectivity index (χ4v) is 3.04. The Hall–Kier alpha value is -0.620. The highest BCUT2D eigenvalue weighted by Gasteiger charge is 2.16. The van der Waals surface area contributed by atoms with Gasteiger partial charge in [0.25, 0.3) is 0 Å². The first-order valence-electron chi connectivity index (χ1n) is 6.76. The molecule has 1 aromatic carbocycles. The van der Waals surface area contributed by atoms with Gasteiger partial charge in [-0.05, 0) is 46.5 Å². The predicted molar refractivity (Wildman–Crippen MR) is 80.9 cm³/mol. The smallest absolute Gasteiger partial charge is 0.133 e. The lowest BCUT2D eigenvalue weighted by molar-refractivity contribution is 0.377. The van der Waals surface area contributed by atoms with Gasteiger partial charge in [-0.25, -0.2) is 0 Å². The maximum absolute atomic E-state index is 6.04. The van der Waals surface area contributed by atoms with Gasteiger partial charge in [0, 0.05) is 12.6 Å². The number of benzene rings is 1. The third-order valence-electron chi connectivity index (χ3n) is 3.51. The molecule has 0 spiro atoms. The summed E-state index contributed by atoms with van der Waals surface area (Å²) in [5.74, 6) is 0.845. The van der Waals surface area contributed by atoms with Crippen molar-refractivity contribution >= 4 is 15.9 Å². The zero-order chi connectivity index (χ0) is 13.7. The second-order valence-electron chi connectivity index (χ2n) is 4.98. The SMILES string of the molecule is COc1ccc(CNC(N)NC2CCCC2)cc1Br. The molecule has 4 N–H and O–H groups in total. The molecule has 0 bridgehead atoms. The van der Waals surface area contributed by atoms with Gasteiger partial charge in [-0.15, -0.1) is 0 Å². The van der Waals surface area contributed by atoms with Gasteiger partial charge in [0.2, 0.25) is 0 Å². The van der Waals surface area contributed by atoms with E-state index in [2.05, 4.69) is 26.6 Å². The number of nitrogens with one attached hydrogen (secondary N) is 2. The zero-order valence-electron chi connectivity index (χ0n) is 11.3. The van der Waals surface area contributed by atoms with Crippen molar-refractivity contribution in [1.29, 1.82) is 0 Å². The first-order valence-corrected chi connectivity index (χ1v) is 7.56. The Balaban J connectivity index is 1.79. The summed E-state index contributed by atoms with van der Waals surface area (Å²) in [7, 11) is 1.67. The van der Waals surface area contributed by atoms with Crippen molar-refractivity contribution < 1.29 is 4.74 Å². The Labute approximate surface area is 123 Å². The van der Waals surface area contributed by atoms with E-state index in [-0.39, 0.29) is 6.29 Å². The molecule has 19 heavy (non-hydrogen) atoms. The van der Waals surface area contributed by atoms with Crippen LogP contribution in [0.3, 0.4) is 0 Å². The summed E-state index contributed by atoms with van der Waals surface area (Å²) in [4.78, 5) is 0. The Bertz CT molecular complexity index is 408. The number of hydrogen-bond acceptors (Lipinski definition) is 4. The molecule has 0 aromatic heterocycles. The lowest BCUT2D eigenvalue weighted by Crippen LogP contribution is -2.52. The van der Waals surface area contributed by atoms with Gasteiger partial charge >= 0.3 is 0 Å². The maximum Gasteiger partial charge on any atom is 0.133 e. The summed E-state index contributed by atoms with van der Waals surface area (Å²) in [6.45, 7) is 0.740. The van der Waals surface area contributed by atoms with Crippen LogP contribution in [0.4, 0.5) is 0 Å². The van der Waals surface area contributed by atoms with Crippen LogP contribution < -0.4 is 21.1 Å². The summed E-state index contributed by atoms with van der Waals surface area (Å²) >= 11 is 3.49. The van der Waals surface area contributed by atoms with Gasteiger partial charge in [-0.2, -0.15) is 0 Å². The number of rotatable bonds is 6. The molecule has 0 amide bonds. The molecule has 4 nitrogen and oxygen atoms in total. The summed E-state index contributed by atoms with van der Waals surface area (Å²) < 4.78 is 6.17. The molecule has 0 saturated heterocycles. The van der Waals surface area contributed by atoms with Crippen LogP contribution in [0.5, 0.6) is 5.75 Å². The van der Waals surface area contributed by atoms with Crippen molar-refractivity contribution in [2.45, 2.75) is 44.6 Å². The minimum absolute atomic E-state index is 0.149. The average molecular weight is 328 g/mol. The first-order chi connectivity index (χ1) is 9.19. The summed E-state index contributed by atoms with van der Waals surface area (Å²) in [6, 6.07) is 6.62. The molecule has 5 heteroatoms. The molecule has 0 aliphatic heterocycles. The van der Waals surface area contributed by atoms with Crippen molar-refractivity contribution in [3.05, 3.63) is 28.2 Å². The topological polar surface area (TPSA) is 59.3 Å². The number of methoxy groups -OCH3 is 1. The highest BCUT2D eigenvalue weighted by Crippen LogP contribution is 2.25. The Morgan fingerprint density at radius 1 is 1.42 bits per heavy atom. The van der Waals surface area contributed by atoms with Crippen LogP contribution in [-0.2, 0) is 6.54 Å². The van der Waals surface area contributed by atoms with Crippen LogP contribution in [0.15, 0.2) is 22.7 Å². The molecule has 1 saturated carbocycles. The van der Waals surface area contributed by atoms with Crippen molar-refractivity contribution in [3.8, 4) is 5.75 Å². The molecule has 0 heterocycles. The van der Waals surface area contributed by atoms with Gasteiger partial charge in [-0.1, -0.05) is 18.9 Å². The Kier molecular flexibility index (Phi) is 5.63. The van der Waals surface area contributed by atoms with E-state index in [4.69, 9.17) is 10.5 Å². The van der Waals surface area contributed by atoms with E-state index in [9.17, 15) is 0 Å². The summed E-state index contributed by atoms with van der Waals surface area (Å²) in [5, 5.41) is 6.71. The first kappa shape index (κ1) is 14.8. The second-order valence-corrected chi connectivity index (χ2v) is 5.83. The van der Waals surface area contributed by atoms with E-state index in [1.165, 1.54) is 31.2 Å². The molecule has 0 radical (unpaired) electrons. The Morgan fingerprint density at radius 3 is 2.79 bits per heavy atom. The fourth-order valence-electron chi connectivity index (χ4n) is 2.45. The predicted octanol–water partition coefficient (Wildman–Crippen LogP) is 2.32. The summed E-state index contributed by atoms with van der Waals surface area (Å²) in [6.07, 6.45) is 4.96. The number of ether oxygens (including phenoxy) is 1. The standard InChI is InChI=1S/C14H22BrN3O/c1-19-13-7-6-10(8-12(13)15)9-17-14(16)18-11-4-2-3-5-11/h6-8,11,14,17-18H,2-5,9,16H2,1H3. The third kappa shape index (κ3) is 4.45. The van der Waals surface area contributed by atoms with E-state index in [0.29, 0.717) is 6.04 Å². The molecule has 1 aromatic rings. The molecular formula is C14H22BrN3O. The maximum atomic E-state index is 6.04. The third-order valence-corrected chi connectivity index (χ3v) is 4.13. The van der Waals surface area contributed by atoms with Gasteiger partial charge in [-0.3, -0.25) is 10.6 Å². The molecular weight excluding hydrogens is 306 g/mol. The highest BCUT2D eigenvalue weighted by atomic mass is 79.9. The number of hydrogen-bond donors (Lipinski definition) is 3. The average Bonchev–Trinajstić information content (AvgIpc) is 2.89. The van der Waals surface area contributed by atoms with Crippen LogP contribution in [0.25, 0.3) is 0 Å². The van der Waals surface area contributed by atoms with Crippen molar-refractivity contribution in [3.63, 3.8) is 0 Å². The van der Waals surface area contributed by atoms with E-state index in [0.717, 1.165) is 16.8 Å². The number of halogens is 1. The zero-order valence-corrected chi connectivity index (χ0v) is 12.9. The summed E-state index contributed by atoms with van der Waals surface area (Å²) in [5.41, 5.74) is 7.21. The monoisotopic (exact) mass is 327 g/mol. The van der Waals surface area contributed by atoms with E-state index in [1.807, 2.05) is 18.2 Å². The highest BCUT2D eigenvalue weighted by molar-refractivity contribution is 9.10. The minimum Gasteiger partial charge on any atom is -0.496 e. The van der Waals surface area contributed by atoms with Crippen LogP contribution in [0, 0.1) is 0 Å². The molecule has 1 fully saturated rings.